The number of hydrogen-bond acceptors (Lipinski definition) is 5. The fourth-order valence-corrected chi connectivity index (χ4v) is 4.00. The number of nitrogens with zero attached hydrogens (tertiary/aromatic N) is 3. The number of carbonyl (C=O) groups is 1. The van der Waals surface area contributed by atoms with Crippen molar-refractivity contribution in [3.8, 4) is 23.1 Å². The van der Waals surface area contributed by atoms with Crippen molar-refractivity contribution in [2.45, 2.75) is 0 Å². The molecule has 2 aromatic carbocycles. The number of hydrogen-bond donors (Lipinski definition) is 1. The van der Waals surface area contributed by atoms with Crippen LogP contribution < -0.4 is 10.1 Å². The Kier molecular flexibility index (Phi) is 5.55. The van der Waals surface area contributed by atoms with Gasteiger partial charge >= 0.3 is 0 Å². The number of nitriles is 1. The van der Waals surface area contributed by atoms with Crippen LogP contribution in [0.4, 0.5) is 11.4 Å². The van der Waals surface area contributed by atoms with Gasteiger partial charge in [0.15, 0.2) is 6.29 Å². The monoisotopic (exact) mass is 450 g/mol. The summed E-state index contributed by atoms with van der Waals surface area (Å²) in [5.41, 5.74) is 4.46. The first-order valence-electron chi connectivity index (χ1n) is 9.21. The first-order chi connectivity index (χ1) is 15.0. The summed E-state index contributed by atoms with van der Waals surface area (Å²) in [5, 5.41) is 14.6. The Morgan fingerprint density at radius 2 is 1.94 bits per heavy atom. The summed E-state index contributed by atoms with van der Waals surface area (Å²) in [6.07, 6.45) is 2.44. The molecule has 31 heavy (non-hydrogen) atoms. The number of ether oxygens (including phenoxy) is 1. The van der Waals surface area contributed by atoms with Gasteiger partial charge < -0.3 is 14.6 Å². The smallest absolute Gasteiger partial charge is 0.166 e. The topological polar surface area (TPSA) is 79.9 Å². The largest absolute Gasteiger partial charge is 0.495 e. The third-order valence-electron chi connectivity index (χ3n) is 5.05. The van der Waals surface area contributed by atoms with Crippen molar-refractivity contribution >= 4 is 51.8 Å². The van der Waals surface area contributed by atoms with Crippen LogP contribution in [-0.4, -0.2) is 22.9 Å². The Hall–Kier alpha value is -3.53. The fraction of sp³-hybridized carbons (Fsp3) is 0.0870. The predicted octanol–water partition coefficient (Wildman–Crippen LogP) is 5.98. The zero-order valence-electron chi connectivity index (χ0n) is 16.6. The summed E-state index contributed by atoms with van der Waals surface area (Å²) in [6, 6.07) is 14.6. The molecular weight excluding hydrogens is 435 g/mol. The van der Waals surface area contributed by atoms with Gasteiger partial charge in [-0.2, -0.15) is 5.26 Å². The molecule has 0 saturated heterocycles. The van der Waals surface area contributed by atoms with Crippen molar-refractivity contribution in [3.05, 3.63) is 70.0 Å². The van der Waals surface area contributed by atoms with E-state index in [4.69, 9.17) is 27.9 Å². The standard InChI is InChI=1S/C23H16Cl2N4O2/c1-29-15(12-30)3-4-21(29)13-7-14(11-26)23-18(5-6-27-20(23)8-13)28-19-10-22(31-2)17(25)9-16(19)24/h3-10,12H,1-2H3,(H,27,28). The van der Waals surface area contributed by atoms with E-state index in [1.807, 2.05) is 12.1 Å². The summed E-state index contributed by atoms with van der Waals surface area (Å²) in [6.45, 7) is 0. The van der Waals surface area contributed by atoms with Gasteiger partial charge in [-0.15, -0.1) is 0 Å². The lowest BCUT2D eigenvalue weighted by atomic mass is 10.0. The number of methoxy groups -OCH3 is 1. The summed E-state index contributed by atoms with van der Waals surface area (Å²) < 4.78 is 7.05. The Balaban J connectivity index is 1.87. The normalized spacial score (nSPS) is 10.7. The quantitative estimate of drug-likeness (QED) is 0.378. The van der Waals surface area contributed by atoms with Crippen molar-refractivity contribution in [1.82, 2.24) is 9.55 Å². The number of halogens is 2. The molecular formula is C23H16Cl2N4O2. The van der Waals surface area contributed by atoms with Crippen LogP contribution in [0.3, 0.4) is 0 Å². The van der Waals surface area contributed by atoms with E-state index < -0.39 is 0 Å². The highest BCUT2D eigenvalue weighted by Gasteiger charge is 2.15. The lowest BCUT2D eigenvalue weighted by molar-refractivity contribution is 0.111. The maximum absolute atomic E-state index is 11.2. The second kappa shape index (κ2) is 8.31. The molecule has 0 aliphatic heterocycles. The van der Waals surface area contributed by atoms with Gasteiger partial charge in [0.05, 0.1) is 51.4 Å². The van der Waals surface area contributed by atoms with Crippen molar-refractivity contribution in [2.24, 2.45) is 7.05 Å². The maximum Gasteiger partial charge on any atom is 0.166 e. The first kappa shape index (κ1) is 20.7. The molecule has 0 aliphatic carbocycles. The van der Waals surface area contributed by atoms with Crippen LogP contribution in [0, 0.1) is 11.3 Å². The van der Waals surface area contributed by atoms with Crippen LogP contribution in [-0.2, 0) is 7.05 Å². The molecule has 154 valence electrons. The minimum absolute atomic E-state index is 0.400. The van der Waals surface area contributed by atoms with Crippen molar-refractivity contribution in [2.75, 3.05) is 12.4 Å². The van der Waals surface area contributed by atoms with Crippen molar-refractivity contribution < 1.29 is 9.53 Å². The number of fused-ring (bicyclic) bond motifs is 1. The highest BCUT2D eigenvalue weighted by Crippen LogP contribution is 2.38. The second-order valence-corrected chi connectivity index (χ2v) is 7.61. The van der Waals surface area contributed by atoms with E-state index in [0.29, 0.717) is 49.3 Å². The molecule has 8 heteroatoms. The molecule has 0 atom stereocenters. The molecule has 6 nitrogen and oxygen atoms in total. The number of pyridine rings is 1. The van der Waals surface area contributed by atoms with Crippen LogP contribution in [0.25, 0.3) is 22.2 Å². The molecule has 0 amide bonds. The summed E-state index contributed by atoms with van der Waals surface area (Å²) in [5.74, 6) is 0.476. The van der Waals surface area contributed by atoms with Gasteiger partial charge in [0.1, 0.15) is 5.75 Å². The number of rotatable bonds is 5. The number of nitrogens with one attached hydrogen (secondary N) is 1. The van der Waals surface area contributed by atoms with E-state index in [-0.39, 0.29) is 0 Å². The molecule has 2 aromatic heterocycles. The number of aldehydes is 1. The van der Waals surface area contributed by atoms with Crippen LogP contribution in [0.5, 0.6) is 5.75 Å². The average Bonchev–Trinajstić information content (AvgIpc) is 3.15. The van der Waals surface area contributed by atoms with Gasteiger partial charge in [0.2, 0.25) is 0 Å². The molecule has 1 N–H and O–H groups in total. The number of anilines is 2. The van der Waals surface area contributed by atoms with E-state index in [0.717, 1.165) is 17.5 Å². The van der Waals surface area contributed by atoms with Gasteiger partial charge in [-0.05, 0) is 36.4 Å². The average molecular weight is 451 g/mol. The molecule has 0 saturated carbocycles. The SMILES string of the molecule is COc1cc(Nc2ccnc3cc(-c4ccc(C=O)n4C)cc(C#N)c23)c(Cl)cc1Cl. The highest BCUT2D eigenvalue weighted by molar-refractivity contribution is 6.37. The predicted molar refractivity (Wildman–Crippen MR) is 123 cm³/mol. The van der Waals surface area contributed by atoms with E-state index in [2.05, 4.69) is 16.4 Å². The van der Waals surface area contributed by atoms with Gasteiger partial charge in [0.25, 0.3) is 0 Å². The van der Waals surface area contributed by atoms with E-state index in [1.54, 1.807) is 48.1 Å². The van der Waals surface area contributed by atoms with E-state index >= 15 is 0 Å². The van der Waals surface area contributed by atoms with Gasteiger partial charge in [-0.1, -0.05) is 23.2 Å². The zero-order chi connectivity index (χ0) is 22.1. The summed E-state index contributed by atoms with van der Waals surface area (Å²) in [7, 11) is 3.33. The minimum Gasteiger partial charge on any atom is -0.495 e. The third kappa shape index (κ3) is 3.70. The maximum atomic E-state index is 11.2. The molecule has 0 unspecified atom stereocenters. The van der Waals surface area contributed by atoms with Gasteiger partial charge in [-0.3, -0.25) is 9.78 Å². The Labute approximate surface area is 188 Å². The molecule has 0 bridgehead atoms. The molecule has 2 heterocycles. The highest BCUT2D eigenvalue weighted by atomic mass is 35.5. The van der Waals surface area contributed by atoms with Gasteiger partial charge in [0, 0.05) is 36.0 Å². The summed E-state index contributed by atoms with van der Waals surface area (Å²) >= 11 is 12.5. The van der Waals surface area contributed by atoms with Crippen molar-refractivity contribution in [3.63, 3.8) is 0 Å². The van der Waals surface area contributed by atoms with Crippen LogP contribution in [0.2, 0.25) is 10.0 Å². The molecule has 0 radical (unpaired) electrons. The third-order valence-corrected chi connectivity index (χ3v) is 5.66. The summed E-state index contributed by atoms with van der Waals surface area (Å²) in [4.78, 5) is 15.7. The molecule has 0 spiro atoms. The lowest BCUT2D eigenvalue weighted by Gasteiger charge is -2.15. The zero-order valence-corrected chi connectivity index (χ0v) is 18.1. The van der Waals surface area contributed by atoms with Crippen LogP contribution in [0.1, 0.15) is 16.1 Å². The fourth-order valence-electron chi connectivity index (χ4n) is 3.49. The van der Waals surface area contributed by atoms with E-state index in [9.17, 15) is 10.1 Å². The second-order valence-electron chi connectivity index (χ2n) is 6.80. The number of carbonyl (C=O) groups excluding carboxylic acids is 1. The molecule has 0 fully saturated rings. The molecule has 0 aliphatic rings. The number of aromatic nitrogens is 2. The number of benzene rings is 2. The minimum atomic E-state index is 0.400. The van der Waals surface area contributed by atoms with Crippen molar-refractivity contribution in [1.29, 1.82) is 5.26 Å². The Morgan fingerprint density at radius 3 is 2.61 bits per heavy atom. The lowest BCUT2D eigenvalue weighted by Crippen LogP contribution is -1.99. The van der Waals surface area contributed by atoms with E-state index in [1.165, 1.54) is 7.11 Å². The first-order valence-corrected chi connectivity index (χ1v) is 9.96. The van der Waals surface area contributed by atoms with Crippen LogP contribution >= 0.6 is 23.2 Å². The Morgan fingerprint density at radius 1 is 1.13 bits per heavy atom. The molecule has 4 rings (SSSR count). The Bertz CT molecular complexity index is 1370. The van der Waals surface area contributed by atoms with Gasteiger partial charge in [-0.25, -0.2) is 0 Å². The molecule has 4 aromatic rings. The van der Waals surface area contributed by atoms with Crippen LogP contribution in [0.15, 0.2) is 48.7 Å².